The molecular formula is C32H54N6O8. The third-order valence-electron chi connectivity index (χ3n) is 10.9. The first-order valence-electron chi connectivity index (χ1n) is 17.4. The van der Waals surface area contributed by atoms with E-state index >= 15 is 0 Å². The number of aliphatic hydroxyl groups is 1. The second kappa shape index (κ2) is 16.4. The van der Waals surface area contributed by atoms with Crippen molar-refractivity contribution >= 4 is 24.0 Å². The molecule has 0 aromatic heterocycles. The monoisotopic (exact) mass is 650 g/mol. The fraction of sp³-hybridized carbons (Fsp3) is 0.875. The zero-order valence-corrected chi connectivity index (χ0v) is 27.1. The molecule has 0 aromatic carbocycles. The largest absolute Gasteiger partial charge is 0.447 e. The van der Waals surface area contributed by atoms with Crippen LogP contribution in [0.1, 0.15) is 57.8 Å². The number of nitrogens with two attached hydrogens (primary N) is 2. The predicted octanol–water partition coefficient (Wildman–Crippen LogP) is 0.597. The van der Waals surface area contributed by atoms with Gasteiger partial charge in [-0.25, -0.2) is 9.59 Å². The second-order valence-electron chi connectivity index (χ2n) is 13.7. The topological polar surface area (TPSA) is 181 Å². The summed E-state index contributed by atoms with van der Waals surface area (Å²) in [7, 11) is 0. The normalized spacial score (nSPS) is 32.5. The molecule has 3 atom stereocenters. The Balaban J connectivity index is 0.991. The van der Waals surface area contributed by atoms with E-state index in [2.05, 4.69) is 0 Å². The van der Waals surface area contributed by atoms with Crippen molar-refractivity contribution in [2.24, 2.45) is 35.1 Å². The molecule has 3 aliphatic heterocycles. The highest BCUT2D eigenvalue weighted by Crippen LogP contribution is 2.31. The lowest BCUT2D eigenvalue weighted by molar-refractivity contribution is -0.153. The van der Waals surface area contributed by atoms with Crippen molar-refractivity contribution < 1.29 is 38.5 Å². The Morgan fingerprint density at radius 1 is 0.630 bits per heavy atom. The highest BCUT2D eigenvalue weighted by Gasteiger charge is 2.39. The molecule has 5 N–H and O–H groups in total. The van der Waals surface area contributed by atoms with Gasteiger partial charge in [0, 0.05) is 70.6 Å². The van der Waals surface area contributed by atoms with Gasteiger partial charge in [0.05, 0.1) is 6.61 Å². The number of amides is 4. The number of aliphatic hydroxyl groups excluding tert-OH is 1. The fourth-order valence-corrected chi connectivity index (χ4v) is 7.59. The lowest BCUT2D eigenvalue weighted by atomic mass is 9.81. The molecule has 14 heteroatoms. The van der Waals surface area contributed by atoms with Crippen LogP contribution in [0.2, 0.25) is 0 Å². The number of hydrogen-bond acceptors (Lipinski definition) is 10. The molecule has 0 spiro atoms. The zero-order chi connectivity index (χ0) is 32.6. The summed E-state index contributed by atoms with van der Waals surface area (Å²) in [6, 6.07) is 0. The molecule has 14 nitrogen and oxygen atoms in total. The van der Waals surface area contributed by atoms with Crippen molar-refractivity contribution in [1.29, 1.82) is 0 Å². The van der Waals surface area contributed by atoms with E-state index in [1.165, 1.54) is 0 Å². The number of nitrogens with zero attached hydrogens (tertiary/aromatic N) is 4. The first-order valence-corrected chi connectivity index (χ1v) is 17.4. The minimum absolute atomic E-state index is 0.0372. The van der Waals surface area contributed by atoms with Crippen LogP contribution in [0.4, 0.5) is 9.59 Å². The predicted molar refractivity (Wildman–Crippen MR) is 167 cm³/mol. The highest BCUT2D eigenvalue weighted by molar-refractivity contribution is 5.80. The zero-order valence-electron chi connectivity index (χ0n) is 27.1. The summed E-state index contributed by atoms with van der Waals surface area (Å²) in [5, 5.41) is 10.9. The molecule has 46 heavy (non-hydrogen) atoms. The van der Waals surface area contributed by atoms with E-state index in [1.54, 1.807) is 9.80 Å². The first-order chi connectivity index (χ1) is 22.3. The van der Waals surface area contributed by atoms with Gasteiger partial charge in [0.25, 0.3) is 0 Å². The second-order valence-corrected chi connectivity index (χ2v) is 13.7. The van der Waals surface area contributed by atoms with E-state index in [9.17, 15) is 24.3 Å². The number of hydrogen-bond donors (Lipinski definition) is 3. The van der Waals surface area contributed by atoms with Crippen LogP contribution >= 0.6 is 0 Å². The molecular weight excluding hydrogens is 596 g/mol. The summed E-state index contributed by atoms with van der Waals surface area (Å²) in [6.45, 7) is 4.77. The maximum Gasteiger partial charge on any atom is 0.410 e. The van der Waals surface area contributed by atoms with Crippen molar-refractivity contribution in [3.8, 4) is 0 Å². The van der Waals surface area contributed by atoms with Crippen LogP contribution in [0, 0.1) is 23.7 Å². The van der Waals surface area contributed by atoms with E-state index in [0.29, 0.717) is 83.7 Å². The van der Waals surface area contributed by atoms with Gasteiger partial charge in [-0.05, 0) is 76.3 Å². The summed E-state index contributed by atoms with van der Waals surface area (Å²) in [5.74, 6) is 1.43. The molecule has 3 heterocycles. The molecule has 5 rings (SSSR count). The summed E-state index contributed by atoms with van der Waals surface area (Å²) in [5.41, 5.74) is 11.6. The van der Waals surface area contributed by atoms with Gasteiger partial charge >= 0.3 is 12.2 Å². The van der Waals surface area contributed by atoms with E-state index in [1.807, 2.05) is 9.80 Å². The summed E-state index contributed by atoms with van der Waals surface area (Å²) in [4.78, 5) is 58.6. The molecule has 2 saturated carbocycles. The quantitative estimate of drug-likeness (QED) is 0.353. The van der Waals surface area contributed by atoms with Crippen molar-refractivity contribution in [3.63, 3.8) is 0 Å². The summed E-state index contributed by atoms with van der Waals surface area (Å²) in [6.07, 6.45) is 3.94. The molecule has 0 aromatic rings. The van der Waals surface area contributed by atoms with Gasteiger partial charge in [0.15, 0.2) is 0 Å². The van der Waals surface area contributed by atoms with Gasteiger partial charge in [-0.3, -0.25) is 9.59 Å². The standard InChI is InChI=1S/C32H54N6O8/c33-19-22-1-5-24(6-2-22)29(40)35-10-14-37(15-11-35)31(42)45-21-27-28(39)26(9-18-44-27)46-32(43)38-16-12-36(13-17-38)30(41)25-7-3-23(20-34)4-8-25/h22-28,39H,1-21,33-34H2/t22?,23?,24?,25?,26-,27-,28-/m1/s1. The molecule has 0 unspecified atom stereocenters. The molecule has 4 amide bonds. The van der Waals surface area contributed by atoms with E-state index in [0.717, 1.165) is 51.4 Å². The highest BCUT2D eigenvalue weighted by atomic mass is 16.6. The van der Waals surface area contributed by atoms with E-state index in [-0.39, 0.29) is 36.9 Å². The van der Waals surface area contributed by atoms with Crippen LogP contribution in [-0.4, -0.2) is 146 Å². The Labute approximate surface area is 272 Å². The van der Waals surface area contributed by atoms with Crippen LogP contribution in [0.3, 0.4) is 0 Å². The van der Waals surface area contributed by atoms with Gasteiger partial charge < -0.3 is 50.4 Å². The number of rotatable bonds is 7. The van der Waals surface area contributed by atoms with Gasteiger partial charge in [-0.15, -0.1) is 0 Å². The molecule has 3 saturated heterocycles. The minimum Gasteiger partial charge on any atom is -0.447 e. The van der Waals surface area contributed by atoms with Crippen LogP contribution < -0.4 is 11.5 Å². The Kier molecular flexibility index (Phi) is 12.4. The molecule has 0 radical (unpaired) electrons. The van der Waals surface area contributed by atoms with Crippen LogP contribution in [0.5, 0.6) is 0 Å². The molecule has 5 aliphatic rings. The van der Waals surface area contributed by atoms with Crippen LogP contribution in [0.25, 0.3) is 0 Å². The SMILES string of the molecule is NCC1CCC(C(=O)N2CCN(C(=O)OC[C@H]3OCC[C@@H](OC(=O)N4CCN(C(=O)C5CCC(CN)CC5)CC4)[C@H]3O)CC2)CC1. The minimum atomic E-state index is -1.15. The van der Waals surface area contributed by atoms with Crippen LogP contribution in [-0.2, 0) is 23.8 Å². The van der Waals surface area contributed by atoms with Crippen molar-refractivity contribution in [1.82, 2.24) is 19.6 Å². The first kappa shape index (κ1) is 34.6. The Bertz CT molecular complexity index is 1030. The maximum absolute atomic E-state index is 13.0. The average Bonchev–Trinajstić information content (AvgIpc) is 3.11. The van der Waals surface area contributed by atoms with Gasteiger partial charge in [0.1, 0.15) is 24.9 Å². The third kappa shape index (κ3) is 8.61. The van der Waals surface area contributed by atoms with Gasteiger partial charge in [-0.2, -0.15) is 0 Å². The van der Waals surface area contributed by atoms with Crippen molar-refractivity contribution in [2.45, 2.75) is 76.1 Å². The smallest absolute Gasteiger partial charge is 0.410 e. The molecule has 260 valence electrons. The van der Waals surface area contributed by atoms with Crippen molar-refractivity contribution in [3.05, 3.63) is 0 Å². The Hall–Kier alpha value is -2.68. The average molecular weight is 651 g/mol. The lowest BCUT2D eigenvalue weighted by Gasteiger charge is -2.39. The Morgan fingerprint density at radius 3 is 1.52 bits per heavy atom. The van der Waals surface area contributed by atoms with Gasteiger partial charge in [-0.1, -0.05) is 0 Å². The Morgan fingerprint density at radius 2 is 1.07 bits per heavy atom. The molecule has 5 fully saturated rings. The van der Waals surface area contributed by atoms with Crippen LogP contribution in [0.15, 0.2) is 0 Å². The molecule has 2 aliphatic carbocycles. The third-order valence-corrected chi connectivity index (χ3v) is 10.9. The summed E-state index contributed by atoms with van der Waals surface area (Å²) < 4.78 is 16.8. The number of carbonyl (C=O) groups excluding carboxylic acids is 4. The number of piperazine rings is 2. The fourth-order valence-electron chi connectivity index (χ4n) is 7.59. The van der Waals surface area contributed by atoms with E-state index in [4.69, 9.17) is 25.7 Å². The maximum atomic E-state index is 13.0. The number of carbonyl (C=O) groups is 4. The van der Waals surface area contributed by atoms with Gasteiger partial charge in [0.2, 0.25) is 11.8 Å². The van der Waals surface area contributed by atoms with Crippen molar-refractivity contribution in [2.75, 3.05) is 78.7 Å². The summed E-state index contributed by atoms with van der Waals surface area (Å²) >= 11 is 0. The molecule has 0 bridgehead atoms. The number of ether oxygens (including phenoxy) is 3. The van der Waals surface area contributed by atoms with E-state index < -0.39 is 30.5 Å². The lowest BCUT2D eigenvalue weighted by Crippen LogP contribution is -2.55.